The fourth-order valence-electron chi connectivity index (χ4n) is 0.847. The number of hydrogen-bond donors (Lipinski definition) is 1. The van der Waals surface area contributed by atoms with Gasteiger partial charge >= 0.3 is 0 Å². The van der Waals surface area contributed by atoms with E-state index >= 15 is 0 Å². The van der Waals surface area contributed by atoms with Crippen molar-refractivity contribution in [3.8, 4) is 0 Å². The first kappa shape index (κ1) is 12.6. The normalized spacial score (nSPS) is 12.1. The van der Waals surface area contributed by atoms with Gasteiger partial charge in [-0.2, -0.15) is 4.39 Å². The second-order valence-corrected chi connectivity index (χ2v) is 5.18. The monoisotopic (exact) mass is 352 g/mol. The highest BCUT2D eigenvalue weighted by Gasteiger charge is 2.24. The lowest BCUT2D eigenvalue weighted by Crippen LogP contribution is -2.17. The highest BCUT2D eigenvalue weighted by atomic mass is 127. The van der Waals surface area contributed by atoms with E-state index in [4.69, 9.17) is 0 Å². The van der Waals surface area contributed by atoms with E-state index in [1.54, 1.807) is 0 Å². The topological polar surface area (TPSA) is 73.1 Å². The third-order valence-electron chi connectivity index (χ3n) is 1.44. The van der Waals surface area contributed by atoms with Gasteiger partial charge in [-0.3, -0.25) is 0 Å². The molecule has 0 unspecified atom stereocenters. The van der Waals surface area contributed by atoms with Crippen LogP contribution in [0.1, 0.15) is 12.1 Å². The minimum Gasteiger partial charge on any atom is -0.225 e. The van der Waals surface area contributed by atoms with Gasteiger partial charge in [0, 0.05) is 0 Å². The number of nitrogens with zero attached hydrogens (tertiary/aromatic N) is 1. The van der Waals surface area contributed by atoms with Crippen LogP contribution in [0.4, 0.5) is 13.2 Å². The van der Waals surface area contributed by atoms with Crippen LogP contribution >= 0.6 is 22.6 Å². The average molecular weight is 352 g/mol. The van der Waals surface area contributed by atoms with Crippen LogP contribution in [-0.4, -0.2) is 13.4 Å². The Labute approximate surface area is 96.9 Å². The first-order chi connectivity index (χ1) is 6.73. The van der Waals surface area contributed by atoms with Gasteiger partial charge in [0.15, 0.2) is 0 Å². The first-order valence-corrected chi connectivity index (χ1v) is 6.03. The van der Waals surface area contributed by atoms with E-state index in [0.717, 1.165) is 6.07 Å². The molecule has 0 aliphatic carbocycles. The Hall–Kier alpha value is -0.420. The summed E-state index contributed by atoms with van der Waals surface area (Å²) < 4.78 is 59.1. The predicted molar refractivity (Wildman–Crippen MR) is 53.2 cm³/mol. The van der Waals surface area contributed by atoms with Crippen molar-refractivity contribution >= 4 is 32.6 Å². The molecule has 1 rings (SSSR count). The van der Waals surface area contributed by atoms with Gasteiger partial charge in [-0.1, -0.05) is 0 Å². The molecule has 84 valence electrons. The highest BCUT2D eigenvalue weighted by Crippen LogP contribution is 2.26. The Morgan fingerprint density at radius 2 is 2.00 bits per heavy atom. The summed E-state index contributed by atoms with van der Waals surface area (Å²) in [6, 6.07) is 0.722. The quantitative estimate of drug-likeness (QED) is 0.646. The van der Waals surface area contributed by atoms with E-state index < -0.39 is 33.0 Å². The number of aromatic nitrogens is 1. The molecule has 0 saturated carbocycles. The largest absolute Gasteiger partial charge is 0.281 e. The lowest BCUT2D eigenvalue weighted by atomic mass is 10.3. The number of rotatable bonds is 2. The summed E-state index contributed by atoms with van der Waals surface area (Å²) >= 11 is 1.43. The summed E-state index contributed by atoms with van der Waals surface area (Å²) in [5.74, 6) is -1.15. The summed E-state index contributed by atoms with van der Waals surface area (Å²) in [5, 5.41) is 4.69. The molecule has 0 radical (unpaired) electrons. The van der Waals surface area contributed by atoms with Crippen LogP contribution in [0, 0.1) is 9.52 Å². The number of sulfonamides is 1. The van der Waals surface area contributed by atoms with Crippen molar-refractivity contribution in [3.05, 3.63) is 21.3 Å². The Morgan fingerprint density at radius 1 is 1.47 bits per heavy atom. The predicted octanol–water partition coefficient (Wildman–Crippen LogP) is 1.41. The Balaban J connectivity index is 3.56. The lowest BCUT2D eigenvalue weighted by molar-refractivity contribution is 0.140. The van der Waals surface area contributed by atoms with E-state index in [0.29, 0.717) is 0 Å². The van der Waals surface area contributed by atoms with Crippen LogP contribution in [0.3, 0.4) is 0 Å². The van der Waals surface area contributed by atoms with Crippen LogP contribution in [0.15, 0.2) is 11.0 Å². The molecule has 1 aromatic rings. The van der Waals surface area contributed by atoms with Crippen molar-refractivity contribution in [1.82, 2.24) is 4.98 Å². The average Bonchev–Trinajstić information content (AvgIpc) is 2.06. The van der Waals surface area contributed by atoms with E-state index in [-0.39, 0.29) is 3.57 Å². The summed E-state index contributed by atoms with van der Waals surface area (Å²) in [5.41, 5.74) is -1.17. The zero-order valence-corrected chi connectivity index (χ0v) is 9.89. The molecule has 0 spiro atoms. The van der Waals surface area contributed by atoms with Gasteiger partial charge in [-0.25, -0.2) is 27.3 Å². The van der Waals surface area contributed by atoms with Gasteiger partial charge < -0.3 is 0 Å². The van der Waals surface area contributed by atoms with Gasteiger partial charge in [0.1, 0.15) is 10.6 Å². The second-order valence-electron chi connectivity index (χ2n) is 2.49. The summed E-state index contributed by atoms with van der Waals surface area (Å²) in [4.78, 5) is 2.00. The molecule has 1 heterocycles. The van der Waals surface area contributed by atoms with Gasteiger partial charge in [-0.05, 0) is 28.7 Å². The Kier molecular flexibility index (Phi) is 3.55. The zero-order chi connectivity index (χ0) is 11.8. The molecule has 0 fully saturated rings. The van der Waals surface area contributed by atoms with Crippen LogP contribution in [0.5, 0.6) is 0 Å². The Morgan fingerprint density at radius 3 is 2.40 bits per heavy atom. The van der Waals surface area contributed by atoms with E-state index in [9.17, 15) is 21.6 Å². The minimum atomic E-state index is -4.33. The molecule has 0 aliphatic heterocycles. The molecule has 0 aliphatic rings. The van der Waals surface area contributed by atoms with Crippen molar-refractivity contribution in [2.24, 2.45) is 5.14 Å². The molecule has 4 nitrogen and oxygen atoms in total. The molecule has 0 bridgehead atoms. The molecule has 15 heavy (non-hydrogen) atoms. The van der Waals surface area contributed by atoms with Crippen molar-refractivity contribution in [2.45, 2.75) is 11.3 Å². The third kappa shape index (κ3) is 2.78. The lowest BCUT2D eigenvalue weighted by Gasteiger charge is -2.06. The SMILES string of the molecule is NS(=O)(=O)c1cc(I)c(F)nc1C(F)F. The molecule has 0 aromatic carbocycles. The fourth-order valence-corrected chi connectivity index (χ4v) is 2.20. The maximum absolute atomic E-state index is 12.8. The fraction of sp³-hybridized carbons (Fsp3) is 0.167. The van der Waals surface area contributed by atoms with Crippen LogP contribution in [0.25, 0.3) is 0 Å². The van der Waals surface area contributed by atoms with Crippen LogP contribution in [0.2, 0.25) is 0 Å². The van der Waals surface area contributed by atoms with Crippen LogP contribution in [-0.2, 0) is 10.0 Å². The van der Waals surface area contributed by atoms with Gasteiger partial charge in [0.05, 0.1) is 3.57 Å². The number of primary sulfonamides is 1. The number of halogens is 4. The Bertz CT molecular complexity index is 491. The van der Waals surface area contributed by atoms with Gasteiger partial charge in [0.2, 0.25) is 16.0 Å². The zero-order valence-electron chi connectivity index (χ0n) is 6.92. The van der Waals surface area contributed by atoms with Crippen molar-refractivity contribution in [1.29, 1.82) is 0 Å². The maximum Gasteiger partial charge on any atom is 0.281 e. The van der Waals surface area contributed by atoms with E-state index in [1.165, 1.54) is 22.6 Å². The first-order valence-electron chi connectivity index (χ1n) is 3.40. The molecule has 0 amide bonds. The molecular formula is C6H4F3IN2O2S. The summed E-state index contributed by atoms with van der Waals surface area (Å²) in [7, 11) is -4.33. The standard InChI is InChI=1S/C6H4F3IN2O2S/c7-5(8)4-3(15(11,13)14)1-2(10)6(9)12-4/h1,5H,(H2,11,13,14). The molecule has 9 heteroatoms. The van der Waals surface area contributed by atoms with Gasteiger partial charge in [0.25, 0.3) is 6.43 Å². The van der Waals surface area contributed by atoms with E-state index in [2.05, 4.69) is 10.1 Å². The minimum absolute atomic E-state index is 0.193. The summed E-state index contributed by atoms with van der Waals surface area (Å²) in [6.45, 7) is 0. The van der Waals surface area contributed by atoms with Crippen molar-refractivity contribution in [2.75, 3.05) is 0 Å². The molecular weight excluding hydrogens is 348 g/mol. The van der Waals surface area contributed by atoms with Crippen molar-refractivity contribution < 1.29 is 21.6 Å². The molecule has 0 saturated heterocycles. The molecule has 2 N–H and O–H groups in total. The number of alkyl halides is 2. The number of nitrogens with two attached hydrogens (primary N) is 1. The summed E-state index contributed by atoms with van der Waals surface area (Å²) in [6.07, 6.45) is -3.20. The number of hydrogen-bond acceptors (Lipinski definition) is 3. The van der Waals surface area contributed by atoms with Gasteiger partial charge in [-0.15, -0.1) is 0 Å². The number of pyridine rings is 1. The smallest absolute Gasteiger partial charge is 0.225 e. The second kappa shape index (κ2) is 4.22. The maximum atomic E-state index is 12.8. The highest BCUT2D eigenvalue weighted by molar-refractivity contribution is 14.1. The molecule has 0 atom stereocenters. The molecule has 1 aromatic heterocycles. The third-order valence-corrected chi connectivity index (χ3v) is 3.14. The van der Waals surface area contributed by atoms with Crippen LogP contribution < -0.4 is 5.14 Å². The van der Waals surface area contributed by atoms with Crippen molar-refractivity contribution in [3.63, 3.8) is 0 Å². The van der Waals surface area contributed by atoms with E-state index in [1.807, 2.05) is 0 Å².